The Morgan fingerprint density at radius 3 is 2.78 bits per heavy atom. The summed E-state index contributed by atoms with van der Waals surface area (Å²) in [5.74, 6) is 0.813. The third-order valence-corrected chi connectivity index (χ3v) is 3.39. The molecule has 2 aromatic heterocycles. The van der Waals surface area contributed by atoms with E-state index in [1.54, 1.807) is 25.5 Å². The lowest BCUT2D eigenvalue weighted by Crippen LogP contribution is -2.38. The summed E-state index contributed by atoms with van der Waals surface area (Å²) >= 11 is 5.77. The van der Waals surface area contributed by atoms with Crippen LogP contribution in [0.3, 0.4) is 0 Å². The van der Waals surface area contributed by atoms with Crippen molar-refractivity contribution in [2.45, 2.75) is 19.4 Å². The molecular formula is C15H22ClIN6. The fraction of sp³-hybridized carbons (Fsp3) is 0.400. The van der Waals surface area contributed by atoms with Crippen molar-refractivity contribution in [2.24, 2.45) is 4.99 Å². The minimum atomic E-state index is 0. The molecule has 6 nitrogen and oxygen atoms in total. The topological polar surface area (TPSA) is 67.1 Å². The van der Waals surface area contributed by atoms with Crippen LogP contribution >= 0.6 is 35.6 Å². The highest BCUT2D eigenvalue weighted by Crippen LogP contribution is 2.05. The van der Waals surface area contributed by atoms with Crippen molar-refractivity contribution >= 4 is 41.5 Å². The first-order chi connectivity index (χ1) is 10.8. The number of aliphatic imine (C=N–C) groups is 1. The number of pyridine rings is 1. The van der Waals surface area contributed by atoms with E-state index in [-0.39, 0.29) is 24.0 Å². The molecule has 0 saturated carbocycles. The van der Waals surface area contributed by atoms with E-state index in [0.717, 1.165) is 44.0 Å². The smallest absolute Gasteiger partial charge is 0.190 e. The number of halogens is 2. The standard InChI is InChI=1S/C15H21ClN6.HI/c1-17-15(19-6-2-9-22-10-8-18-12-22)20-7-5-13-3-4-14(16)21-11-13;/h3-4,8,10-12H,2,5-7,9H2,1H3,(H2,17,19,20);1H. The van der Waals surface area contributed by atoms with Crippen LogP contribution in [0.4, 0.5) is 0 Å². The predicted molar refractivity (Wildman–Crippen MR) is 105 cm³/mol. The molecule has 0 amide bonds. The van der Waals surface area contributed by atoms with Gasteiger partial charge in [-0.3, -0.25) is 4.99 Å². The molecule has 0 aromatic carbocycles. The fourth-order valence-corrected chi connectivity index (χ4v) is 2.10. The van der Waals surface area contributed by atoms with Gasteiger partial charge in [-0.15, -0.1) is 24.0 Å². The predicted octanol–water partition coefficient (Wildman–Crippen LogP) is 2.35. The Morgan fingerprint density at radius 1 is 1.30 bits per heavy atom. The third-order valence-electron chi connectivity index (χ3n) is 3.16. The largest absolute Gasteiger partial charge is 0.356 e. The Morgan fingerprint density at radius 2 is 2.13 bits per heavy atom. The summed E-state index contributed by atoms with van der Waals surface area (Å²) in [6, 6.07) is 3.79. The number of aryl methyl sites for hydroxylation is 1. The molecule has 0 saturated heterocycles. The Labute approximate surface area is 158 Å². The summed E-state index contributed by atoms with van der Waals surface area (Å²) in [5.41, 5.74) is 1.15. The van der Waals surface area contributed by atoms with Gasteiger partial charge in [-0.1, -0.05) is 17.7 Å². The molecule has 0 fully saturated rings. The highest BCUT2D eigenvalue weighted by atomic mass is 127. The summed E-state index contributed by atoms with van der Waals surface area (Å²) in [6.07, 6.45) is 9.27. The number of hydrogen-bond donors (Lipinski definition) is 2. The van der Waals surface area contributed by atoms with Crippen molar-refractivity contribution < 1.29 is 0 Å². The first-order valence-corrected chi connectivity index (χ1v) is 7.66. The van der Waals surface area contributed by atoms with Crippen LogP contribution in [0.2, 0.25) is 5.15 Å². The van der Waals surface area contributed by atoms with Crippen LogP contribution in [0.5, 0.6) is 0 Å². The van der Waals surface area contributed by atoms with E-state index in [1.165, 1.54) is 0 Å². The van der Waals surface area contributed by atoms with Crippen molar-refractivity contribution in [1.29, 1.82) is 0 Å². The molecule has 2 N–H and O–H groups in total. The highest BCUT2D eigenvalue weighted by Gasteiger charge is 1.99. The first-order valence-electron chi connectivity index (χ1n) is 7.28. The molecule has 2 rings (SSSR count). The van der Waals surface area contributed by atoms with Crippen LogP contribution < -0.4 is 10.6 Å². The van der Waals surface area contributed by atoms with Crippen LogP contribution in [0.1, 0.15) is 12.0 Å². The Kier molecular flexibility index (Phi) is 9.61. The second-order valence-corrected chi connectivity index (χ2v) is 5.21. The minimum absolute atomic E-state index is 0. The van der Waals surface area contributed by atoms with Gasteiger partial charge in [0, 0.05) is 45.3 Å². The van der Waals surface area contributed by atoms with E-state index in [2.05, 4.69) is 30.2 Å². The van der Waals surface area contributed by atoms with E-state index in [0.29, 0.717) is 5.15 Å². The number of imidazole rings is 1. The molecule has 0 radical (unpaired) electrons. The Balaban J connectivity index is 0.00000264. The zero-order valence-electron chi connectivity index (χ0n) is 13.1. The summed E-state index contributed by atoms with van der Waals surface area (Å²) in [6.45, 7) is 2.60. The van der Waals surface area contributed by atoms with Crippen molar-refractivity contribution in [3.63, 3.8) is 0 Å². The number of hydrogen-bond acceptors (Lipinski definition) is 3. The van der Waals surface area contributed by atoms with Crippen molar-refractivity contribution in [3.8, 4) is 0 Å². The monoisotopic (exact) mass is 448 g/mol. The van der Waals surface area contributed by atoms with Crippen molar-refractivity contribution in [3.05, 3.63) is 47.8 Å². The Bertz CT molecular complexity index is 570. The van der Waals surface area contributed by atoms with Crippen LogP contribution in [0, 0.1) is 0 Å². The number of guanidine groups is 1. The molecule has 0 atom stereocenters. The molecule has 0 unspecified atom stereocenters. The minimum Gasteiger partial charge on any atom is -0.356 e. The van der Waals surface area contributed by atoms with E-state index in [9.17, 15) is 0 Å². The van der Waals surface area contributed by atoms with Gasteiger partial charge in [-0.2, -0.15) is 0 Å². The maximum absolute atomic E-state index is 5.77. The summed E-state index contributed by atoms with van der Waals surface area (Å²) < 4.78 is 2.06. The highest BCUT2D eigenvalue weighted by molar-refractivity contribution is 14.0. The van der Waals surface area contributed by atoms with Crippen molar-refractivity contribution in [2.75, 3.05) is 20.1 Å². The molecule has 0 spiro atoms. The van der Waals surface area contributed by atoms with Gasteiger partial charge >= 0.3 is 0 Å². The lowest BCUT2D eigenvalue weighted by atomic mass is 10.2. The second-order valence-electron chi connectivity index (χ2n) is 4.82. The fourth-order valence-electron chi connectivity index (χ4n) is 1.99. The molecular weight excluding hydrogens is 427 g/mol. The number of nitrogens with zero attached hydrogens (tertiary/aromatic N) is 4. The SMILES string of the molecule is CN=C(NCCCn1ccnc1)NCCc1ccc(Cl)nc1.I. The second kappa shape index (κ2) is 11.2. The number of nitrogens with one attached hydrogen (secondary N) is 2. The Hall–Kier alpha value is -1.35. The molecule has 2 aromatic rings. The number of aromatic nitrogens is 3. The summed E-state index contributed by atoms with van der Waals surface area (Å²) in [4.78, 5) is 12.3. The zero-order valence-corrected chi connectivity index (χ0v) is 16.2. The van der Waals surface area contributed by atoms with E-state index in [4.69, 9.17) is 11.6 Å². The van der Waals surface area contributed by atoms with Gasteiger partial charge in [0.25, 0.3) is 0 Å². The molecule has 0 aliphatic rings. The lowest BCUT2D eigenvalue weighted by molar-refractivity contribution is 0.624. The van der Waals surface area contributed by atoms with Crippen LogP contribution in [-0.2, 0) is 13.0 Å². The van der Waals surface area contributed by atoms with Gasteiger partial charge in [0.1, 0.15) is 5.15 Å². The lowest BCUT2D eigenvalue weighted by Gasteiger charge is -2.12. The quantitative estimate of drug-likeness (QED) is 0.224. The molecule has 126 valence electrons. The maximum atomic E-state index is 5.77. The number of rotatable bonds is 7. The molecule has 8 heteroatoms. The summed E-state index contributed by atoms with van der Waals surface area (Å²) in [5, 5.41) is 7.10. The van der Waals surface area contributed by atoms with Crippen molar-refractivity contribution in [1.82, 2.24) is 25.2 Å². The molecule has 2 heterocycles. The van der Waals surface area contributed by atoms with E-state index >= 15 is 0 Å². The third kappa shape index (κ3) is 7.65. The van der Waals surface area contributed by atoms with E-state index < -0.39 is 0 Å². The van der Waals surface area contributed by atoms with Gasteiger partial charge in [-0.05, 0) is 24.5 Å². The molecule has 0 aliphatic heterocycles. The maximum Gasteiger partial charge on any atom is 0.190 e. The molecule has 23 heavy (non-hydrogen) atoms. The average molecular weight is 449 g/mol. The summed E-state index contributed by atoms with van der Waals surface area (Å²) in [7, 11) is 1.77. The van der Waals surface area contributed by atoms with Crippen LogP contribution in [0.25, 0.3) is 0 Å². The van der Waals surface area contributed by atoms with Crippen LogP contribution in [-0.4, -0.2) is 40.6 Å². The van der Waals surface area contributed by atoms with E-state index in [1.807, 2.05) is 18.6 Å². The molecule has 0 aliphatic carbocycles. The van der Waals surface area contributed by atoms with Gasteiger partial charge in [-0.25, -0.2) is 9.97 Å². The zero-order chi connectivity index (χ0) is 15.6. The van der Waals surface area contributed by atoms with Gasteiger partial charge in [0.15, 0.2) is 5.96 Å². The van der Waals surface area contributed by atoms with Gasteiger partial charge in [0.05, 0.1) is 6.33 Å². The first kappa shape index (κ1) is 19.7. The normalized spacial score (nSPS) is 11.0. The van der Waals surface area contributed by atoms with Gasteiger partial charge in [0.2, 0.25) is 0 Å². The van der Waals surface area contributed by atoms with Gasteiger partial charge < -0.3 is 15.2 Å². The average Bonchev–Trinajstić information content (AvgIpc) is 3.05. The van der Waals surface area contributed by atoms with Crippen LogP contribution in [0.15, 0.2) is 42.0 Å². The molecule has 0 bridgehead atoms.